The maximum absolute atomic E-state index is 14.7. The van der Waals surface area contributed by atoms with Crippen LogP contribution in [0.2, 0.25) is 0 Å². The van der Waals surface area contributed by atoms with Crippen molar-refractivity contribution < 1.29 is 27.1 Å². The van der Waals surface area contributed by atoms with E-state index in [1.807, 2.05) is 6.08 Å². The van der Waals surface area contributed by atoms with Crippen LogP contribution in [0.4, 0.5) is 17.6 Å². The Hall–Kier alpha value is -3.14. The molecule has 0 aliphatic heterocycles. The molecular formula is C32H35F4NO2. The molecule has 0 N–H and O–H groups in total. The van der Waals surface area contributed by atoms with Crippen molar-refractivity contribution >= 4 is 12.0 Å². The van der Waals surface area contributed by atoms with Crippen molar-refractivity contribution in [3.05, 3.63) is 70.3 Å². The molecule has 0 amide bonds. The molecule has 0 unspecified atom stereocenters. The minimum atomic E-state index is -1.43. The fourth-order valence-electron chi connectivity index (χ4n) is 6.25. The molecule has 0 bridgehead atoms. The van der Waals surface area contributed by atoms with Gasteiger partial charge in [-0.2, -0.15) is 5.26 Å². The number of halogens is 4. The smallest absolute Gasteiger partial charge is 0.349 e. The highest BCUT2D eigenvalue weighted by molar-refractivity contribution is 5.92. The lowest BCUT2D eigenvalue weighted by atomic mass is 9.68. The molecule has 2 fully saturated rings. The molecule has 208 valence electrons. The summed E-state index contributed by atoms with van der Waals surface area (Å²) in [6.07, 6.45) is 17.6. The van der Waals surface area contributed by atoms with Crippen LogP contribution in [0.1, 0.15) is 99.0 Å². The van der Waals surface area contributed by atoms with Crippen LogP contribution in [-0.2, 0) is 0 Å². The summed E-state index contributed by atoms with van der Waals surface area (Å²) in [7, 11) is 0. The normalized spacial score (nSPS) is 23.5. The SMILES string of the molecule is CCCCC1CCC(C2CCC(C=Cc3cc(F)c(C(=O)Oc4cc(F)c(C#N)c(F)c4)c(F)c3)CC2)CC1. The van der Waals surface area contributed by atoms with Crippen molar-refractivity contribution in [3.8, 4) is 11.8 Å². The van der Waals surface area contributed by atoms with Crippen molar-refractivity contribution in [3.63, 3.8) is 0 Å². The predicted octanol–water partition coefficient (Wildman–Crippen LogP) is 9.15. The van der Waals surface area contributed by atoms with E-state index >= 15 is 0 Å². The zero-order chi connectivity index (χ0) is 27.9. The largest absolute Gasteiger partial charge is 0.423 e. The molecule has 7 heteroatoms. The average molecular weight is 542 g/mol. The quantitative estimate of drug-likeness (QED) is 0.190. The molecule has 0 radical (unpaired) electrons. The second kappa shape index (κ2) is 13.3. The van der Waals surface area contributed by atoms with Gasteiger partial charge in [0, 0.05) is 12.1 Å². The first-order valence-electron chi connectivity index (χ1n) is 14.1. The van der Waals surface area contributed by atoms with E-state index in [2.05, 4.69) is 6.92 Å². The molecule has 4 rings (SSSR count). The van der Waals surface area contributed by atoms with E-state index in [0.717, 1.165) is 42.7 Å². The Morgan fingerprint density at radius 1 is 0.897 bits per heavy atom. The molecule has 0 heterocycles. The zero-order valence-corrected chi connectivity index (χ0v) is 22.3. The number of hydrogen-bond acceptors (Lipinski definition) is 3. The van der Waals surface area contributed by atoms with Crippen LogP contribution in [-0.4, -0.2) is 5.97 Å². The molecule has 0 saturated heterocycles. The Morgan fingerprint density at radius 2 is 1.46 bits per heavy atom. The van der Waals surface area contributed by atoms with E-state index in [9.17, 15) is 22.4 Å². The van der Waals surface area contributed by atoms with Gasteiger partial charge in [0.15, 0.2) is 0 Å². The maximum Gasteiger partial charge on any atom is 0.349 e. The molecule has 2 saturated carbocycles. The van der Waals surface area contributed by atoms with E-state index in [0.29, 0.717) is 18.1 Å². The number of esters is 1. The Labute approximate surface area is 227 Å². The third-order valence-corrected chi connectivity index (χ3v) is 8.51. The van der Waals surface area contributed by atoms with Crippen molar-refractivity contribution in [2.24, 2.45) is 23.7 Å². The van der Waals surface area contributed by atoms with Gasteiger partial charge in [0.2, 0.25) is 0 Å². The minimum absolute atomic E-state index is 0.282. The molecule has 2 aromatic carbocycles. The van der Waals surface area contributed by atoms with E-state index in [4.69, 9.17) is 10.00 Å². The Kier molecular flexibility index (Phi) is 9.83. The lowest BCUT2D eigenvalue weighted by Crippen LogP contribution is -2.25. The number of benzene rings is 2. The van der Waals surface area contributed by atoms with Crippen LogP contribution in [0.25, 0.3) is 6.08 Å². The highest BCUT2D eigenvalue weighted by atomic mass is 19.1. The summed E-state index contributed by atoms with van der Waals surface area (Å²) in [6.45, 7) is 2.26. The van der Waals surface area contributed by atoms with Crippen LogP contribution in [0.5, 0.6) is 5.75 Å². The maximum atomic E-state index is 14.7. The third-order valence-electron chi connectivity index (χ3n) is 8.51. The number of hydrogen-bond donors (Lipinski definition) is 0. The van der Waals surface area contributed by atoms with Gasteiger partial charge < -0.3 is 4.74 Å². The standard InChI is InChI=1S/C32H35F4NO2/c1-2-3-4-20-7-11-23(12-8-20)24-13-9-21(10-14-24)5-6-22-15-29(35)31(30(36)16-22)32(38)39-25-17-27(33)26(19-37)28(34)18-25/h5-6,15-18,20-21,23-24H,2-4,7-14H2,1H3. The van der Waals surface area contributed by atoms with Crippen LogP contribution >= 0.6 is 0 Å². The summed E-state index contributed by atoms with van der Waals surface area (Å²) in [5, 5.41) is 8.73. The number of nitriles is 1. The van der Waals surface area contributed by atoms with Gasteiger partial charge in [-0.1, -0.05) is 51.2 Å². The van der Waals surface area contributed by atoms with Gasteiger partial charge >= 0.3 is 5.97 Å². The molecule has 3 nitrogen and oxygen atoms in total. The van der Waals surface area contributed by atoms with Crippen LogP contribution in [0, 0.1) is 58.3 Å². The fourth-order valence-corrected chi connectivity index (χ4v) is 6.25. The first kappa shape index (κ1) is 28.9. The molecule has 39 heavy (non-hydrogen) atoms. The number of rotatable bonds is 8. The van der Waals surface area contributed by atoms with Gasteiger partial charge in [-0.3, -0.25) is 0 Å². The van der Waals surface area contributed by atoms with Crippen LogP contribution in [0.3, 0.4) is 0 Å². The molecular weight excluding hydrogens is 506 g/mol. The first-order valence-corrected chi connectivity index (χ1v) is 14.1. The van der Waals surface area contributed by atoms with Gasteiger partial charge in [0.25, 0.3) is 0 Å². The number of carbonyl (C=O) groups is 1. The topological polar surface area (TPSA) is 50.1 Å². The van der Waals surface area contributed by atoms with Crippen molar-refractivity contribution in [2.45, 2.75) is 77.6 Å². The highest BCUT2D eigenvalue weighted by Gasteiger charge is 2.30. The number of ether oxygens (including phenoxy) is 1. The van der Waals surface area contributed by atoms with Crippen LogP contribution < -0.4 is 4.74 Å². The van der Waals surface area contributed by atoms with Crippen molar-refractivity contribution in [2.75, 3.05) is 0 Å². The molecule has 2 aliphatic carbocycles. The number of nitrogens with zero attached hydrogens (tertiary/aromatic N) is 1. The fraction of sp³-hybridized carbons (Fsp3) is 0.500. The predicted molar refractivity (Wildman–Crippen MR) is 142 cm³/mol. The minimum Gasteiger partial charge on any atom is -0.423 e. The summed E-state index contributed by atoms with van der Waals surface area (Å²) in [6, 6.07) is 4.65. The highest BCUT2D eigenvalue weighted by Crippen LogP contribution is 2.42. The van der Waals surface area contributed by atoms with Gasteiger partial charge in [0.05, 0.1) is 0 Å². The van der Waals surface area contributed by atoms with E-state index in [1.54, 1.807) is 6.08 Å². The Bertz CT molecular complexity index is 1190. The zero-order valence-electron chi connectivity index (χ0n) is 22.3. The van der Waals surface area contributed by atoms with Gasteiger partial charge in [0.1, 0.15) is 46.2 Å². The van der Waals surface area contributed by atoms with Crippen LogP contribution in [0.15, 0.2) is 30.3 Å². The summed E-state index contributed by atoms with van der Waals surface area (Å²) in [5.41, 5.74) is -1.52. The van der Waals surface area contributed by atoms with E-state index in [-0.39, 0.29) is 5.56 Å². The summed E-state index contributed by atoms with van der Waals surface area (Å²) < 4.78 is 61.7. The molecule has 2 aliphatic rings. The van der Waals surface area contributed by atoms with E-state index < -0.39 is 46.1 Å². The third kappa shape index (κ3) is 7.29. The van der Waals surface area contributed by atoms with Crippen molar-refractivity contribution in [1.29, 1.82) is 5.26 Å². The van der Waals surface area contributed by atoms with Crippen molar-refractivity contribution in [1.82, 2.24) is 0 Å². The molecule has 2 aromatic rings. The number of unbranched alkanes of at least 4 members (excludes halogenated alkanes) is 1. The van der Waals surface area contributed by atoms with Gasteiger partial charge in [-0.15, -0.1) is 0 Å². The van der Waals surface area contributed by atoms with E-state index in [1.165, 1.54) is 63.9 Å². The number of carbonyl (C=O) groups excluding carboxylic acids is 1. The number of allylic oxidation sites excluding steroid dienone is 1. The average Bonchev–Trinajstić information content (AvgIpc) is 2.91. The summed E-state index contributed by atoms with van der Waals surface area (Å²) in [4.78, 5) is 12.3. The second-order valence-electron chi connectivity index (χ2n) is 11.1. The Morgan fingerprint density at radius 3 is 2.00 bits per heavy atom. The Balaban J connectivity index is 1.31. The second-order valence-corrected chi connectivity index (χ2v) is 11.1. The lowest BCUT2D eigenvalue weighted by molar-refractivity contribution is 0.0723. The van der Waals surface area contributed by atoms with Gasteiger partial charge in [-0.05, 0) is 79.9 Å². The molecule has 0 spiro atoms. The van der Waals surface area contributed by atoms with Gasteiger partial charge in [-0.25, -0.2) is 22.4 Å². The summed E-state index contributed by atoms with van der Waals surface area (Å²) in [5.74, 6) is -3.91. The summed E-state index contributed by atoms with van der Waals surface area (Å²) >= 11 is 0. The molecule has 0 atom stereocenters. The monoisotopic (exact) mass is 541 g/mol. The lowest BCUT2D eigenvalue weighted by Gasteiger charge is -2.37. The molecule has 0 aromatic heterocycles. The first-order chi connectivity index (χ1) is 18.8.